The van der Waals surface area contributed by atoms with Gasteiger partial charge in [0.1, 0.15) is 6.61 Å². The average molecular weight is 529 g/mol. The van der Waals surface area contributed by atoms with Gasteiger partial charge in [0.15, 0.2) is 6.10 Å². The second kappa shape index (κ2) is 23.4. The fraction of sp³-hybridized carbons (Fsp3) is 0.630. The maximum Gasteiger partial charge on any atom is 0.469 e. The number of unbranched alkanes of at least 4 members (excludes halogenated alkanes) is 4. The summed E-state index contributed by atoms with van der Waals surface area (Å²) in [5.74, 6) is -0.972. The number of carbonyl (C=O) groups excluding carboxylic acids is 2. The molecule has 36 heavy (non-hydrogen) atoms. The number of carbonyl (C=O) groups is 2. The van der Waals surface area contributed by atoms with Crippen molar-refractivity contribution in [3.05, 3.63) is 48.6 Å². The first kappa shape index (κ1) is 34.0. The van der Waals surface area contributed by atoms with E-state index in [-0.39, 0.29) is 19.4 Å². The zero-order valence-electron chi connectivity index (χ0n) is 21.9. The zero-order valence-corrected chi connectivity index (χ0v) is 22.8. The minimum atomic E-state index is -4.74. The highest BCUT2D eigenvalue weighted by Gasteiger charge is 2.22. The fourth-order valence-electron chi connectivity index (χ4n) is 2.95. The lowest BCUT2D eigenvalue weighted by Crippen LogP contribution is -2.29. The van der Waals surface area contributed by atoms with E-state index in [0.717, 1.165) is 51.4 Å². The molecular weight excluding hydrogens is 483 g/mol. The number of ether oxygens (including phenoxy) is 2. The molecule has 0 spiro atoms. The van der Waals surface area contributed by atoms with Crippen LogP contribution < -0.4 is 0 Å². The van der Waals surface area contributed by atoms with E-state index in [0.29, 0.717) is 12.8 Å². The van der Waals surface area contributed by atoms with Crippen molar-refractivity contribution in [3.63, 3.8) is 0 Å². The third-order valence-electron chi connectivity index (χ3n) is 4.86. The van der Waals surface area contributed by atoms with Crippen LogP contribution in [-0.2, 0) is 28.2 Å². The first-order valence-corrected chi connectivity index (χ1v) is 14.5. The Morgan fingerprint density at radius 3 is 1.89 bits per heavy atom. The van der Waals surface area contributed by atoms with Gasteiger partial charge in [0.25, 0.3) is 0 Å². The summed E-state index contributed by atoms with van der Waals surface area (Å²) in [6.07, 6.45) is 25.0. The van der Waals surface area contributed by atoms with Gasteiger partial charge in [0.2, 0.25) is 0 Å². The summed E-state index contributed by atoms with van der Waals surface area (Å²) in [6, 6.07) is 0. The molecule has 0 rings (SSSR count). The molecule has 0 aliphatic heterocycles. The molecule has 0 heterocycles. The van der Waals surface area contributed by atoms with Crippen LogP contribution in [0.2, 0.25) is 0 Å². The molecule has 0 amide bonds. The molecule has 0 aromatic rings. The molecule has 9 heteroatoms. The Balaban J connectivity index is 4.13. The number of hydrogen-bond acceptors (Lipinski definition) is 6. The summed E-state index contributed by atoms with van der Waals surface area (Å²) >= 11 is 0. The van der Waals surface area contributed by atoms with E-state index in [2.05, 4.69) is 60.1 Å². The van der Waals surface area contributed by atoms with Crippen LogP contribution in [0.1, 0.15) is 90.9 Å². The monoisotopic (exact) mass is 528 g/mol. The first-order chi connectivity index (χ1) is 17.3. The van der Waals surface area contributed by atoms with Crippen molar-refractivity contribution in [1.82, 2.24) is 0 Å². The summed E-state index contributed by atoms with van der Waals surface area (Å²) in [7, 11) is -4.74. The number of phosphoric ester groups is 1. The van der Waals surface area contributed by atoms with Gasteiger partial charge >= 0.3 is 19.8 Å². The van der Waals surface area contributed by atoms with Crippen molar-refractivity contribution < 1.29 is 37.9 Å². The Labute approximate surface area is 216 Å². The summed E-state index contributed by atoms with van der Waals surface area (Å²) in [5.41, 5.74) is 0. The van der Waals surface area contributed by atoms with E-state index in [1.807, 2.05) is 6.92 Å². The molecule has 206 valence electrons. The molecule has 0 aromatic heterocycles. The van der Waals surface area contributed by atoms with Crippen LogP contribution >= 0.6 is 7.82 Å². The lowest BCUT2D eigenvalue weighted by atomic mass is 10.2. The van der Waals surface area contributed by atoms with Crippen molar-refractivity contribution in [3.8, 4) is 0 Å². The van der Waals surface area contributed by atoms with Gasteiger partial charge in [-0.3, -0.25) is 14.1 Å². The molecule has 0 aromatic carbocycles. The Hall–Kier alpha value is -1.99. The number of phosphoric acid groups is 1. The fourth-order valence-corrected chi connectivity index (χ4v) is 3.31. The minimum Gasteiger partial charge on any atom is -0.462 e. The van der Waals surface area contributed by atoms with Crippen LogP contribution in [0.5, 0.6) is 0 Å². The molecule has 0 saturated carbocycles. The number of rotatable bonds is 22. The normalized spacial score (nSPS) is 13.3. The van der Waals surface area contributed by atoms with Crippen LogP contribution in [0, 0.1) is 0 Å². The van der Waals surface area contributed by atoms with Crippen molar-refractivity contribution in [1.29, 1.82) is 0 Å². The van der Waals surface area contributed by atoms with E-state index in [4.69, 9.17) is 19.3 Å². The zero-order chi connectivity index (χ0) is 26.9. The standard InChI is InChI=1S/C27H45O8P/c1-3-5-7-8-9-10-11-12-13-14-15-16-17-18-20-22-27(29)35-25(24-34-36(30,31)32)23-33-26(28)21-19-6-4-2/h5,7,9-10,12-13,15-16,25H,3-4,6,8,11,14,17-24H2,1-2H3,(H2,30,31,32)/b7-5-,10-9-,13-12-,16-15-. The molecule has 0 aliphatic carbocycles. The smallest absolute Gasteiger partial charge is 0.462 e. The van der Waals surface area contributed by atoms with Crippen LogP contribution in [-0.4, -0.2) is 41.0 Å². The Morgan fingerprint density at radius 1 is 0.750 bits per heavy atom. The number of hydrogen-bond donors (Lipinski definition) is 2. The lowest BCUT2D eigenvalue weighted by molar-refractivity contribution is -0.161. The van der Waals surface area contributed by atoms with Gasteiger partial charge in [-0.15, -0.1) is 0 Å². The molecule has 0 bridgehead atoms. The van der Waals surface area contributed by atoms with Gasteiger partial charge in [-0.25, -0.2) is 4.57 Å². The van der Waals surface area contributed by atoms with Crippen molar-refractivity contribution in [2.24, 2.45) is 0 Å². The highest BCUT2D eigenvalue weighted by Crippen LogP contribution is 2.35. The molecular formula is C27H45O8P. The van der Waals surface area contributed by atoms with E-state index >= 15 is 0 Å². The van der Waals surface area contributed by atoms with Crippen LogP contribution in [0.4, 0.5) is 0 Å². The van der Waals surface area contributed by atoms with Crippen molar-refractivity contribution >= 4 is 19.8 Å². The van der Waals surface area contributed by atoms with Crippen LogP contribution in [0.3, 0.4) is 0 Å². The second-order valence-electron chi connectivity index (χ2n) is 8.29. The van der Waals surface area contributed by atoms with Gasteiger partial charge in [-0.2, -0.15) is 0 Å². The van der Waals surface area contributed by atoms with Gasteiger partial charge in [-0.05, 0) is 51.4 Å². The van der Waals surface area contributed by atoms with Crippen LogP contribution in [0.25, 0.3) is 0 Å². The quantitative estimate of drug-likeness (QED) is 0.0708. The van der Waals surface area contributed by atoms with Gasteiger partial charge in [-0.1, -0.05) is 75.3 Å². The maximum absolute atomic E-state index is 12.1. The van der Waals surface area contributed by atoms with Crippen LogP contribution in [0.15, 0.2) is 48.6 Å². The predicted molar refractivity (Wildman–Crippen MR) is 142 cm³/mol. The van der Waals surface area contributed by atoms with Crippen molar-refractivity contribution in [2.45, 2.75) is 97.0 Å². The summed E-state index contributed by atoms with van der Waals surface area (Å²) in [5, 5.41) is 0. The first-order valence-electron chi connectivity index (χ1n) is 12.9. The molecule has 0 fully saturated rings. The predicted octanol–water partition coefficient (Wildman–Crippen LogP) is 6.50. The molecule has 0 aliphatic rings. The van der Waals surface area contributed by atoms with E-state index in [1.54, 1.807) is 0 Å². The summed E-state index contributed by atoms with van der Waals surface area (Å²) in [6.45, 7) is 3.28. The Bertz CT molecular complexity index is 736. The summed E-state index contributed by atoms with van der Waals surface area (Å²) < 4.78 is 25.7. The van der Waals surface area contributed by atoms with E-state index in [1.165, 1.54) is 0 Å². The molecule has 8 nitrogen and oxygen atoms in total. The molecule has 1 atom stereocenters. The van der Waals surface area contributed by atoms with Gasteiger partial charge in [0.05, 0.1) is 6.61 Å². The molecule has 1 unspecified atom stereocenters. The van der Waals surface area contributed by atoms with E-state index in [9.17, 15) is 14.2 Å². The largest absolute Gasteiger partial charge is 0.469 e. The highest BCUT2D eigenvalue weighted by molar-refractivity contribution is 7.46. The summed E-state index contributed by atoms with van der Waals surface area (Å²) in [4.78, 5) is 41.7. The van der Waals surface area contributed by atoms with E-state index < -0.39 is 32.5 Å². The lowest BCUT2D eigenvalue weighted by Gasteiger charge is -2.18. The van der Waals surface area contributed by atoms with Gasteiger partial charge < -0.3 is 19.3 Å². The minimum absolute atomic E-state index is 0.157. The van der Waals surface area contributed by atoms with Crippen molar-refractivity contribution in [2.75, 3.05) is 13.2 Å². The third-order valence-corrected chi connectivity index (χ3v) is 5.35. The average Bonchev–Trinajstić information content (AvgIpc) is 2.83. The van der Waals surface area contributed by atoms with Gasteiger partial charge in [0, 0.05) is 12.8 Å². The number of esters is 2. The highest BCUT2D eigenvalue weighted by atomic mass is 31.2. The molecule has 2 N–H and O–H groups in total. The third kappa shape index (κ3) is 25.1. The maximum atomic E-state index is 12.1. The number of allylic oxidation sites excluding steroid dienone is 8. The topological polar surface area (TPSA) is 119 Å². The SMILES string of the molecule is CC/C=C\C/C=C\C/C=C\C/C=C\CCCCC(=O)OC(COC(=O)CCCCC)COP(=O)(O)O. The molecule has 0 radical (unpaired) electrons. The Morgan fingerprint density at radius 2 is 1.31 bits per heavy atom. The second-order valence-corrected chi connectivity index (χ2v) is 9.52. The Kier molecular flexibility index (Phi) is 22.1. The molecule has 0 saturated heterocycles.